The van der Waals surface area contributed by atoms with Crippen LogP contribution in [0.1, 0.15) is 119 Å². The number of allylic oxidation sites excluding steroid dienone is 4. The van der Waals surface area contributed by atoms with Crippen LogP contribution in [0.25, 0.3) is 0 Å². The Bertz CT molecular complexity index is 819. The second-order valence-electron chi connectivity index (χ2n) is 13.3. The molecule has 1 aliphatic carbocycles. The number of thioether (sulfide) groups is 1. The largest absolute Gasteiger partial charge is 0.469 e. The van der Waals surface area contributed by atoms with Gasteiger partial charge in [-0.1, -0.05) is 79.4 Å². The van der Waals surface area contributed by atoms with Gasteiger partial charge in [0.15, 0.2) is 18.1 Å². The van der Waals surface area contributed by atoms with Crippen LogP contribution >= 0.6 is 11.8 Å². The van der Waals surface area contributed by atoms with Gasteiger partial charge in [-0.2, -0.15) is 0 Å². The van der Waals surface area contributed by atoms with Crippen molar-refractivity contribution in [3.63, 3.8) is 0 Å². The number of rotatable bonds is 20. The third-order valence-corrected chi connectivity index (χ3v) is 15.5. The van der Waals surface area contributed by atoms with Crippen LogP contribution in [-0.4, -0.2) is 42.9 Å². The van der Waals surface area contributed by atoms with Gasteiger partial charge in [0, 0.05) is 30.1 Å². The standard InChI is InChI=1S/C32H60O5SSi2/c1-10-12-17-25(3)24-27(40(8,9)37-39-32(4,5)6)21-19-26-20-22-28(36-30(34)16-11-2)31(26)38-23-15-13-14-18-29(33)35-7/h19,21,25-27H,10-18,20,22-24,39H2,1-9H3/t25-,26+,27-/m1/s1. The first-order valence-electron chi connectivity index (χ1n) is 15.8. The summed E-state index contributed by atoms with van der Waals surface area (Å²) < 4.78 is 17.5. The van der Waals surface area contributed by atoms with E-state index in [0.717, 1.165) is 50.0 Å². The third kappa shape index (κ3) is 15.4. The first-order valence-corrected chi connectivity index (χ1v) is 21.0. The van der Waals surface area contributed by atoms with Gasteiger partial charge in [0.05, 0.1) is 7.11 Å². The molecular formula is C32H60O5SSi2. The zero-order valence-corrected chi connectivity index (χ0v) is 30.5. The fraction of sp³-hybridized carbons (Fsp3) is 0.812. The Balaban J connectivity index is 3.05. The van der Waals surface area contributed by atoms with Gasteiger partial charge in [0.2, 0.25) is 0 Å². The van der Waals surface area contributed by atoms with Gasteiger partial charge in [-0.05, 0) is 67.4 Å². The molecule has 0 amide bonds. The minimum atomic E-state index is -1.92. The summed E-state index contributed by atoms with van der Waals surface area (Å²) in [6.07, 6.45) is 16.3. The minimum absolute atomic E-state index is 0.116. The Morgan fingerprint density at radius 1 is 1.07 bits per heavy atom. The summed E-state index contributed by atoms with van der Waals surface area (Å²) in [6, 6.07) is 0. The van der Waals surface area contributed by atoms with Crippen LogP contribution in [0, 0.1) is 11.8 Å². The highest BCUT2D eigenvalue weighted by molar-refractivity contribution is 8.03. The summed E-state index contributed by atoms with van der Waals surface area (Å²) in [5, 5.41) is 0.290. The molecule has 5 nitrogen and oxygen atoms in total. The van der Waals surface area contributed by atoms with Gasteiger partial charge in [0.25, 0.3) is 0 Å². The number of methoxy groups -OCH3 is 1. The zero-order valence-electron chi connectivity index (χ0n) is 27.2. The molecule has 232 valence electrons. The number of unbranched alkanes of at least 4 members (excludes halogenated alkanes) is 3. The maximum Gasteiger partial charge on any atom is 0.310 e. The van der Waals surface area contributed by atoms with Gasteiger partial charge in [-0.3, -0.25) is 9.59 Å². The van der Waals surface area contributed by atoms with Gasteiger partial charge in [0.1, 0.15) is 5.76 Å². The molecule has 0 heterocycles. The van der Waals surface area contributed by atoms with Gasteiger partial charge in [-0.15, -0.1) is 11.8 Å². The van der Waals surface area contributed by atoms with E-state index in [2.05, 4.69) is 59.9 Å². The summed E-state index contributed by atoms with van der Waals surface area (Å²) in [5.41, 5.74) is 0.477. The molecule has 0 saturated heterocycles. The molecule has 40 heavy (non-hydrogen) atoms. The van der Waals surface area contributed by atoms with Crippen LogP contribution in [0.2, 0.25) is 23.7 Å². The molecule has 0 aromatic carbocycles. The number of ether oxygens (including phenoxy) is 2. The van der Waals surface area contributed by atoms with Gasteiger partial charge < -0.3 is 13.6 Å². The molecule has 0 aliphatic heterocycles. The minimum Gasteiger partial charge on any atom is -0.469 e. The molecule has 0 spiro atoms. The lowest BCUT2D eigenvalue weighted by Gasteiger charge is -2.35. The number of carbonyl (C=O) groups is 2. The van der Waals surface area contributed by atoms with Crippen LogP contribution < -0.4 is 0 Å². The van der Waals surface area contributed by atoms with E-state index in [-0.39, 0.29) is 11.9 Å². The quantitative estimate of drug-likeness (QED) is 0.0591. The molecule has 8 heteroatoms. The van der Waals surface area contributed by atoms with E-state index in [4.69, 9.17) is 13.6 Å². The van der Waals surface area contributed by atoms with Crippen LogP contribution in [0.5, 0.6) is 0 Å². The number of hydrogen-bond donors (Lipinski definition) is 0. The predicted molar refractivity (Wildman–Crippen MR) is 177 cm³/mol. The lowest BCUT2D eigenvalue weighted by molar-refractivity contribution is -0.141. The fourth-order valence-electron chi connectivity index (χ4n) is 4.92. The van der Waals surface area contributed by atoms with Crippen LogP contribution in [0.3, 0.4) is 0 Å². The van der Waals surface area contributed by atoms with Crippen LogP contribution in [-0.2, 0) is 23.2 Å². The van der Waals surface area contributed by atoms with Crippen LogP contribution in [0.15, 0.2) is 22.8 Å². The smallest absolute Gasteiger partial charge is 0.310 e. The molecule has 0 unspecified atom stereocenters. The van der Waals surface area contributed by atoms with Crippen molar-refractivity contribution in [3.05, 3.63) is 22.8 Å². The van der Waals surface area contributed by atoms with Crippen molar-refractivity contribution in [1.82, 2.24) is 0 Å². The monoisotopic (exact) mass is 612 g/mol. The average Bonchev–Trinajstić information content (AvgIpc) is 3.26. The van der Waals surface area contributed by atoms with E-state index in [1.165, 1.54) is 37.7 Å². The van der Waals surface area contributed by atoms with Crippen molar-refractivity contribution in [2.24, 2.45) is 11.8 Å². The van der Waals surface area contributed by atoms with E-state index >= 15 is 0 Å². The number of hydrogen-bond acceptors (Lipinski definition) is 6. The lowest BCUT2D eigenvalue weighted by Crippen LogP contribution is -2.39. The third-order valence-electron chi connectivity index (χ3n) is 7.55. The maximum absolute atomic E-state index is 12.4. The Hall–Kier alpha value is -0.836. The molecule has 0 N–H and O–H groups in total. The Kier molecular flexibility index (Phi) is 18.0. The first-order chi connectivity index (χ1) is 18.8. The van der Waals surface area contributed by atoms with Gasteiger partial charge >= 0.3 is 11.9 Å². The highest BCUT2D eigenvalue weighted by atomic mass is 32.2. The molecule has 3 atom stereocenters. The van der Waals surface area contributed by atoms with Crippen molar-refractivity contribution in [3.8, 4) is 0 Å². The highest BCUT2D eigenvalue weighted by Crippen LogP contribution is 2.43. The summed E-state index contributed by atoms with van der Waals surface area (Å²) in [6.45, 7) is 18.4. The molecule has 0 fully saturated rings. The van der Waals surface area contributed by atoms with Crippen molar-refractivity contribution in [1.29, 1.82) is 0 Å². The average molecular weight is 613 g/mol. The Labute approximate surface area is 254 Å². The van der Waals surface area contributed by atoms with E-state index in [9.17, 15) is 9.59 Å². The van der Waals surface area contributed by atoms with E-state index in [1.807, 2.05) is 18.7 Å². The van der Waals surface area contributed by atoms with Crippen LogP contribution in [0.4, 0.5) is 0 Å². The zero-order chi connectivity index (χ0) is 30.2. The molecule has 0 bridgehead atoms. The molecule has 1 aliphatic rings. The Morgan fingerprint density at radius 2 is 1.80 bits per heavy atom. The summed E-state index contributed by atoms with van der Waals surface area (Å²) in [4.78, 5) is 25.0. The van der Waals surface area contributed by atoms with E-state index in [1.54, 1.807) is 0 Å². The SMILES string of the molecule is CCCC[C@@H](C)C[C@@H](C=C[C@H]1CCC(OC(=O)CCC)=C1SCCCCCC(=O)OC)[Si](C)(C)O[SiH2]C(C)(C)C. The highest BCUT2D eigenvalue weighted by Gasteiger charge is 2.35. The van der Waals surface area contributed by atoms with E-state index in [0.29, 0.717) is 35.3 Å². The van der Waals surface area contributed by atoms with Crippen molar-refractivity contribution in [2.75, 3.05) is 12.9 Å². The molecule has 0 aromatic heterocycles. The molecule has 0 aromatic rings. The summed E-state index contributed by atoms with van der Waals surface area (Å²) in [5.74, 6) is 2.57. The second kappa shape index (κ2) is 19.4. The molecule has 0 radical (unpaired) electrons. The van der Waals surface area contributed by atoms with Crippen molar-refractivity contribution >= 4 is 41.8 Å². The number of esters is 2. The second-order valence-corrected chi connectivity index (χ2v) is 22.0. The molecule has 1 rings (SSSR count). The lowest BCUT2D eigenvalue weighted by atomic mass is 9.98. The molecular weight excluding hydrogens is 553 g/mol. The predicted octanol–water partition coefficient (Wildman–Crippen LogP) is 9.08. The first kappa shape index (κ1) is 37.2. The van der Waals surface area contributed by atoms with Crippen molar-refractivity contribution < 1.29 is 23.2 Å². The normalized spacial score (nSPS) is 18.2. The summed E-state index contributed by atoms with van der Waals surface area (Å²) >= 11 is 1.84. The topological polar surface area (TPSA) is 61.8 Å². The number of carbonyl (C=O) groups excluding carboxylic acids is 2. The van der Waals surface area contributed by atoms with E-state index < -0.39 is 18.1 Å². The molecule has 0 saturated carbocycles. The fourth-order valence-corrected chi connectivity index (χ4v) is 11.8. The van der Waals surface area contributed by atoms with Crippen molar-refractivity contribution in [2.45, 2.75) is 142 Å². The Morgan fingerprint density at radius 3 is 2.42 bits per heavy atom. The van der Waals surface area contributed by atoms with Gasteiger partial charge in [-0.25, -0.2) is 0 Å². The maximum atomic E-state index is 12.4. The summed E-state index contributed by atoms with van der Waals surface area (Å²) in [7, 11) is -1.09.